The van der Waals surface area contributed by atoms with Crippen molar-refractivity contribution in [1.82, 2.24) is 20.2 Å². The van der Waals surface area contributed by atoms with E-state index in [2.05, 4.69) is 15.3 Å². The molecule has 0 unspecified atom stereocenters. The van der Waals surface area contributed by atoms with E-state index in [0.29, 0.717) is 52.0 Å². The standard InChI is InChI=1S/C48H44Cl2N4O8/c1-26-27(2)51-17-15-37(26)32-8-5-30(6-9-32)20-40(48(57)58)53-46(55)41-21-34-22-42-43(23-35(34)24-54(41)47(56)45-28(3)61-29(4)52-45)62-44(25-60-42)33-10-12-36(13-11-33)59-18-16-31-7-14-38(49)39(50)19-31/h5-15,17,19,22-23,40-41,44H,16,18,20-21,24-25H2,1-4H3,(H,53,55)(H,57,58)/t40-,41-,44+/m0/s1. The highest BCUT2D eigenvalue weighted by Crippen LogP contribution is 2.41. The highest BCUT2D eigenvalue weighted by molar-refractivity contribution is 6.42. The number of pyridine rings is 1. The predicted molar refractivity (Wildman–Crippen MR) is 233 cm³/mol. The average Bonchev–Trinajstić information content (AvgIpc) is 3.61. The molecule has 0 spiro atoms. The number of carboxylic acids is 1. The van der Waals surface area contributed by atoms with Crippen molar-refractivity contribution in [3.8, 4) is 28.4 Å². The lowest BCUT2D eigenvalue weighted by Gasteiger charge is -2.37. The summed E-state index contributed by atoms with van der Waals surface area (Å²) in [6.45, 7) is 7.97. The van der Waals surface area contributed by atoms with E-state index in [1.165, 1.54) is 4.90 Å². The van der Waals surface area contributed by atoms with Gasteiger partial charge in [0.05, 0.1) is 16.7 Å². The van der Waals surface area contributed by atoms with Crippen LogP contribution in [0.3, 0.4) is 0 Å². The second-order valence-electron chi connectivity index (χ2n) is 15.6. The van der Waals surface area contributed by atoms with Crippen molar-refractivity contribution in [1.29, 1.82) is 0 Å². The lowest BCUT2D eigenvalue weighted by molar-refractivity contribution is -0.142. The third-order valence-corrected chi connectivity index (χ3v) is 12.1. The van der Waals surface area contributed by atoms with E-state index in [4.69, 9.17) is 41.8 Å². The quantitative estimate of drug-likeness (QED) is 0.122. The van der Waals surface area contributed by atoms with Crippen LogP contribution in [0.1, 0.15) is 67.3 Å². The molecule has 2 N–H and O–H groups in total. The number of halogens is 2. The Morgan fingerprint density at radius 2 is 1.65 bits per heavy atom. The van der Waals surface area contributed by atoms with E-state index in [-0.39, 0.29) is 31.7 Å². The first-order chi connectivity index (χ1) is 29.8. The van der Waals surface area contributed by atoms with Crippen LogP contribution in [0.2, 0.25) is 10.0 Å². The molecule has 0 bridgehead atoms. The third kappa shape index (κ3) is 9.12. The molecule has 0 radical (unpaired) electrons. The number of carbonyl (C=O) groups excluding carboxylic acids is 2. The van der Waals surface area contributed by atoms with E-state index in [1.54, 1.807) is 26.1 Å². The van der Waals surface area contributed by atoms with Crippen LogP contribution in [0.5, 0.6) is 17.2 Å². The minimum Gasteiger partial charge on any atom is -0.493 e. The van der Waals surface area contributed by atoms with Gasteiger partial charge in [-0.3, -0.25) is 14.6 Å². The average molecular weight is 876 g/mol. The fourth-order valence-corrected chi connectivity index (χ4v) is 8.18. The Balaban J connectivity index is 0.976. The van der Waals surface area contributed by atoms with E-state index in [1.807, 2.05) is 92.7 Å². The number of hydrogen-bond donors (Lipinski definition) is 2. The molecule has 2 aliphatic rings. The molecule has 12 nitrogen and oxygen atoms in total. The number of benzene rings is 4. The summed E-state index contributed by atoms with van der Waals surface area (Å²) < 4.78 is 24.3. The van der Waals surface area contributed by atoms with Gasteiger partial charge in [0, 0.05) is 44.6 Å². The number of carbonyl (C=O) groups is 3. The van der Waals surface area contributed by atoms with Gasteiger partial charge in [-0.1, -0.05) is 65.7 Å². The van der Waals surface area contributed by atoms with Crippen molar-refractivity contribution in [2.24, 2.45) is 0 Å². The largest absolute Gasteiger partial charge is 0.493 e. The molecule has 0 saturated carbocycles. The summed E-state index contributed by atoms with van der Waals surface area (Å²) in [5.74, 6) is 0.0165. The number of hydrogen-bond acceptors (Lipinski definition) is 9. The first kappa shape index (κ1) is 42.3. The molecule has 318 valence electrons. The van der Waals surface area contributed by atoms with Gasteiger partial charge in [-0.15, -0.1) is 0 Å². The van der Waals surface area contributed by atoms with Crippen molar-refractivity contribution in [3.63, 3.8) is 0 Å². The number of carboxylic acid groups (broad SMARTS) is 1. The van der Waals surface area contributed by atoms with Crippen LogP contribution < -0.4 is 19.5 Å². The van der Waals surface area contributed by atoms with Crippen molar-refractivity contribution in [2.45, 2.75) is 71.7 Å². The molecule has 14 heteroatoms. The molecule has 2 aromatic heterocycles. The number of fused-ring (bicyclic) bond motifs is 2. The van der Waals surface area contributed by atoms with Gasteiger partial charge in [-0.2, -0.15) is 0 Å². The number of nitrogens with one attached hydrogen (secondary N) is 1. The van der Waals surface area contributed by atoms with Crippen LogP contribution in [0.15, 0.2) is 95.5 Å². The number of aryl methyl sites for hydroxylation is 3. The lowest BCUT2D eigenvalue weighted by atomic mass is 9.91. The summed E-state index contributed by atoms with van der Waals surface area (Å²) >= 11 is 12.2. The number of ether oxygens (including phenoxy) is 3. The van der Waals surface area contributed by atoms with Gasteiger partial charge in [-0.05, 0) is 108 Å². The van der Waals surface area contributed by atoms with Crippen LogP contribution in [-0.2, 0) is 35.4 Å². The molecule has 3 atom stereocenters. The maximum atomic E-state index is 14.2. The van der Waals surface area contributed by atoms with Gasteiger partial charge in [0.1, 0.15) is 30.2 Å². The smallest absolute Gasteiger partial charge is 0.326 e. The van der Waals surface area contributed by atoms with Crippen LogP contribution in [0.4, 0.5) is 0 Å². The molecule has 4 aromatic carbocycles. The Labute approximate surface area is 368 Å². The first-order valence-corrected chi connectivity index (χ1v) is 21.0. The number of aromatic nitrogens is 2. The molecule has 6 aromatic rings. The zero-order valence-electron chi connectivity index (χ0n) is 34.5. The Morgan fingerprint density at radius 3 is 2.35 bits per heavy atom. The summed E-state index contributed by atoms with van der Waals surface area (Å²) in [7, 11) is 0. The van der Waals surface area contributed by atoms with Crippen molar-refractivity contribution >= 4 is 41.0 Å². The van der Waals surface area contributed by atoms with E-state index < -0.39 is 36.0 Å². The maximum absolute atomic E-state index is 14.2. The summed E-state index contributed by atoms with van der Waals surface area (Å²) in [5.41, 5.74) is 8.24. The van der Waals surface area contributed by atoms with Gasteiger partial charge in [0.15, 0.2) is 29.2 Å². The lowest BCUT2D eigenvalue weighted by Crippen LogP contribution is -2.56. The predicted octanol–water partition coefficient (Wildman–Crippen LogP) is 8.79. The van der Waals surface area contributed by atoms with E-state index in [9.17, 15) is 19.5 Å². The number of oxazole rings is 1. The maximum Gasteiger partial charge on any atom is 0.326 e. The monoisotopic (exact) mass is 874 g/mol. The first-order valence-electron chi connectivity index (χ1n) is 20.2. The highest BCUT2D eigenvalue weighted by atomic mass is 35.5. The molecule has 4 heterocycles. The van der Waals surface area contributed by atoms with Crippen molar-refractivity contribution in [3.05, 3.63) is 158 Å². The minimum absolute atomic E-state index is 0.0280. The Kier molecular flexibility index (Phi) is 12.2. The third-order valence-electron chi connectivity index (χ3n) is 11.4. The van der Waals surface area contributed by atoms with Gasteiger partial charge in [-0.25, -0.2) is 9.78 Å². The topological polar surface area (TPSA) is 153 Å². The van der Waals surface area contributed by atoms with Crippen molar-refractivity contribution < 1.29 is 38.1 Å². The molecule has 0 saturated heterocycles. The summed E-state index contributed by atoms with van der Waals surface area (Å²) in [6, 6.07) is 24.0. The summed E-state index contributed by atoms with van der Waals surface area (Å²) in [4.78, 5) is 51.1. The Morgan fingerprint density at radius 1 is 0.903 bits per heavy atom. The molecule has 0 fully saturated rings. The highest BCUT2D eigenvalue weighted by Gasteiger charge is 2.39. The van der Waals surface area contributed by atoms with Crippen LogP contribution in [-0.4, -0.2) is 63.1 Å². The Hall–Kier alpha value is -6.37. The minimum atomic E-state index is -1.26. The second kappa shape index (κ2) is 17.9. The fraction of sp³-hybridized carbons (Fsp3) is 0.271. The molecule has 2 amide bonds. The van der Waals surface area contributed by atoms with Gasteiger partial charge in [0.2, 0.25) is 5.91 Å². The van der Waals surface area contributed by atoms with Crippen LogP contribution >= 0.6 is 23.2 Å². The number of amides is 2. The summed E-state index contributed by atoms with van der Waals surface area (Å²) in [6.07, 6.45) is 2.14. The number of rotatable bonds is 12. The molecular formula is C48H44Cl2N4O8. The number of aliphatic carboxylic acids is 1. The zero-order valence-corrected chi connectivity index (χ0v) is 36.0. The SMILES string of the molecule is Cc1nc(C(=O)N2Cc3cc4c(cc3C[C@H]2C(=O)N[C@@H](Cc2ccc(-c3ccnc(C)c3C)cc2)C(=O)O)OC[C@H](c2ccc(OCCc3ccc(Cl)c(Cl)c3)cc2)O4)c(C)o1. The van der Waals surface area contributed by atoms with Gasteiger partial charge >= 0.3 is 5.97 Å². The molecule has 8 rings (SSSR count). The molecule has 62 heavy (non-hydrogen) atoms. The van der Waals surface area contributed by atoms with E-state index >= 15 is 0 Å². The van der Waals surface area contributed by atoms with Crippen LogP contribution in [0, 0.1) is 27.7 Å². The van der Waals surface area contributed by atoms with Crippen LogP contribution in [0.25, 0.3) is 11.1 Å². The normalized spacial score (nSPS) is 16.0. The fourth-order valence-electron chi connectivity index (χ4n) is 7.86. The zero-order chi connectivity index (χ0) is 43.7. The van der Waals surface area contributed by atoms with Crippen molar-refractivity contribution in [2.75, 3.05) is 13.2 Å². The Bertz CT molecular complexity index is 2670. The summed E-state index contributed by atoms with van der Waals surface area (Å²) in [5, 5.41) is 14.1. The number of nitrogens with zero attached hydrogens (tertiary/aromatic N) is 3. The van der Waals surface area contributed by atoms with Gasteiger partial charge in [0.25, 0.3) is 5.91 Å². The second-order valence-corrected chi connectivity index (χ2v) is 16.4. The molecular weight excluding hydrogens is 831 g/mol. The molecule has 2 aliphatic heterocycles. The molecule has 0 aliphatic carbocycles. The van der Waals surface area contributed by atoms with E-state index in [0.717, 1.165) is 50.2 Å². The van der Waals surface area contributed by atoms with Gasteiger partial charge < -0.3 is 34.0 Å².